The van der Waals surface area contributed by atoms with Crippen LogP contribution < -0.4 is 11.0 Å². The fourth-order valence-corrected chi connectivity index (χ4v) is 4.52. The summed E-state index contributed by atoms with van der Waals surface area (Å²) in [7, 11) is 0. The first-order chi connectivity index (χ1) is 15.5. The molecule has 1 atom stereocenters. The third-order valence-electron chi connectivity index (χ3n) is 6.02. The molecule has 1 saturated heterocycles. The first kappa shape index (κ1) is 21.5. The number of carbonyl (C=O) groups is 2. The number of carbonyl (C=O) groups excluding carboxylic acids is 2. The van der Waals surface area contributed by atoms with Gasteiger partial charge < -0.3 is 10.2 Å². The predicted molar refractivity (Wildman–Crippen MR) is 121 cm³/mol. The first-order valence-electron chi connectivity index (χ1n) is 10.9. The van der Waals surface area contributed by atoms with Gasteiger partial charge in [0.1, 0.15) is 0 Å². The summed E-state index contributed by atoms with van der Waals surface area (Å²) in [6.07, 6.45) is 1.86. The molecule has 0 saturated carbocycles. The van der Waals surface area contributed by atoms with Crippen molar-refractivity contribution in [1.82, 2.24) is 25.4 Å². The van der Waals surface area contributed by atoms with Crippen LogP contribution in [0.1, 0.15) is 35.9 Å². The molecular weight excluding hydrogens is 406 g/mol. The lowest BCUT2D eigenvalue weighted by molar-refractivity contribution is -0.133. The molecule has 2 aromatic carbocycles. The van der Waals surface area contributed by atoms with Gasteiger partial charge in [-0.1, -0.05) is 54.6 Å². The maximum absolute atomic E-state index is 13.4. The summed E-state index contributed by atoms with van der Waals surface area (Å²) in [5.41, 5.74) is 1.93. The second kappa shape index (κ2) is 9.21. The molecule has 166 valence electrons. The zero-order valence-electron chi connectivity index (χ0n) is 18.1. The number of aromatic amines is 2. The fourth-order valence-electron chi connectivity index (χ4n) is 4.52. The molecule has 8 nitrogen and oxygen atoms in total. The molecule has 4 rings (SSSR count). The number of nitrogens with zero attached hydrogens (tertiary/aromatic N) is 2. The summed E-state index contributed by atoms with van der Waals surface area (Å²) >= 11 is 0. The molecule has 2 heterocycles. The molecule has 1 aliphatic rings. The van der Waals surface area contributed by atoms with Gasteiger partial charge in [-0.2, -0.15) is 0 Å². The number of nitrogens with one attached hydrogen (secondary N) is 3. The van der Waals surface area contributed by atoms with Crippen molar-refractivity contribution in [1.29, 1.82) is 0 Å². The zero-order chi connectivity index (χ0) is 22.6. The van der Waals surface area contributed by atoms with E-state index in [1.807, 2.05) is 37.3 Å². The van der Waals surface area contributed by atoms with Crippen LogP contribution in [0.2, 0.25) is 0 Å². The summed E-state index contributed by atoms with van der Waals surface area (Å²) in [5, 5.41) is 8.99. The summed E-state index contributed by atoms with van der Waals surface area (Å²) in [6.45, 7) is 3.18. The number of benzene rings is 2. The SMILES string of the molecule is CCNC(=O)[C@]1(Cc2ccccc2-c2ccccc2)CCCN(C(=O)c2n[nH]c(=O)[nH]2)C1. The highest BCUT2D eigenvalue weighted by Crippen LogP contribution is 2.37. The third kappa shape index (κ3) is 4.34. The number of piperidine rings is 1. The van der Waals surface area contributed by atoms with Crippen molar-refractivity contribution in [3.63, 3.8) is 0 Å². The maximum Gasteiger partial charge on any atom is 0.341 e. The van der Waals surface area contributed by atoms with Crippen molar-refractivity contribution < 1.29 is 9.59 Å². The van der Waals surface area contributed by atoms with Gasteiger partial charge in [0.2, 0.25) is 11.7 Å². The van der Waals surface area contributed by atoms with E-state index < -0.39 is 11.1 Å². The minimum absolute atomic E-state index is 0.0358. The number of amides is 2. The van der Waals surface area contributed by atoms with Crippen molar-refractivity contribution in [3.05, 3.63) is 76.5 Å². The molecule has 1 fully saturated rings. The van der Waals surface area contributed by atoms with Gasteiger partial charge >= 0.3 is 5.69 Å². The van der Waals surface area contributed by atoms with E-state index >= 15 is 0 Å². The minimum Gasteiger partial charge on any atom is -0.356 e. The average molecular weight is 434 g/mol. The molecule has 1 aromatic heterocycles. The highest BCUT2D eigenvalue weighted by atomic mass is 16.2. The molecule has 32 heavy (non-hydrogen) atoms. The van der Waals surface area contributed by atoms with Crippen molar-refractivity contribution in [2.24, 2.45) is 5.41 Å². The Bertz CT molecular complexity index is 1150. The fraction of sp³-hybridized carbons (Fsp3) is 0.333. The maximum atomic E-state index is 13.4. The van der Waals surface area contributed by atoms with Gasteiger partial charge in [-0.25, -0.2) is 9.89 Å². The first-order valence-corrected chi connectivity index (χ1v) is 10.9. The molecule has 0 spiro atoms. The number of aromatic nitrogens is 3. The van der Waals surface area contributed by atoms with Crippen LogP contribution in [0.15, 0.2) is 59.4 Å². The lowest BCUT2D eigenvalue weighted by Crippen LogP contribution is -2.54. The van der Waals surface area contributed by atoms with Crippen molar-refractivity contribution >= 4 is 11.8 Å². The Morgan fingerprint density at radius 3 is 2.59 bits per heavy atom. The van der Waals surface area contributed by atoms with Gasteiger partial charge in [0.15, 0.2) is 0 Å². The molecule has 0 aliphatic carbocycles. The highest BCUT2D eigenvalue weighted by Gasteiger charge is 2.44. The smallest absolute Gasteiger partial charge is 0.341 e. The van der Waals surface area contributed by atoms with Crippen molar-refractivity contribution in [3.8, 4) is 11.1 Å². The Hall–Kier alpha value is -3.68. The molecule has 3 N–H and O–H groups in total. The van der Waals surface area contributed by atoms with Gasteiger partial charge in [-0.15, -0.1) is 5.10 Å². The lowest BCUT2D eigenvalue weighted by atomic mass is 9.73. The van der Waals surface area contributed by atoms with Gasteiger partial charge in [-0.3, -0.25) is 14.6 Å². The topological polar surface area (TPSA) is 111 Å². The van der Waals surface area contributed by atoms with Gasteiger partial charge in [0.25, 0.3) is 5.91 Å². The second-order valence-corrected chi connectivity index (χ2v) is 8.20. The van der Waals surface area contributed by atoms with E-state index in [0.717, 1.165) is 16.7 Å². The quantitative estimate of drug-likeness (QED) is 0.554. The van der Waals surface area contributed by atoms with E-state index in [1.54, 1.807) is 4.90 Å². The monoisotopic (exact) mass is 433 g/mol. The normalized spacial score (nSPS) is 18.3. The largest absolute Gasteiger partial charge is 0.356 e. The van der Waals surface area contributed by atoms with Crippen molar-refractivity contribution in [2.45, 2.75) is 26.2 Å². The molecule has 1 aliphatic heterocycles. The van der Waals surface area contributed by atoms with Crippen LogP contribution in [0.4, 0.5) is 0 Å². The molecule has 0 unspecified atom stereocenters. The number of rotatable bonds is 6. The molecule has 8 heteroatoms. The molecule has 0 radical (unpaired) electrons. The predicted octanol–water partition coefficient (Wildman–Crippen LogP) is 2.37. The molecule has 3 aromatic rings. The number of likely N-dealkylation sites (tertiary alicyclic amines) is 1. The molecular formula is C24H27N5O3. The third-order valence-corrected chi connectivity index (χ3v) is 6.02. The van der Waals surface area contributed by atoms with Crippen LogP contribution in [0.3, 0.4) is 0 Å². The molecule has 0 bridgehead atoms. The Morgan fingerprint density at radius 1 is 1.12 bits per heavy atom. The Morgan fingerprint density at radius 2 is 1.88 bits per heavy atom. The van der Waals surface area contributed by atoms with Gasteiger partial charge in [0.05, 0.1) is 5.41 Å². The van der Waals surface area contributed by atoms with E-state index in [0.29, 0.717) is 32.4 Å². The summed E-state index contributed by atoms with van der Waals surface area (Å²) in [6, 6.07) is 18.2. The number of hydrogen-bond donors (Lipinski definition) is 3. The number of hydrogen-bond acceptors (Lipinski definition) is 4. The van der Waals surface area contributed by atoms with E-state index in [2.05, 4.69) is 44.8 Å². The van der Waals surface area contributed by atoms with Gasteiger partial charge in [0, 0.05) is 19.6 Å². The van der Waals surface area contributed by atoms with E-state index in [9.17, 15) is 14.4 Å². The van der Waals surface area contributed by atoms with Crippen LogP contribution in [0.25, 0.3) is 11.1 Å². The Labute approximate surface area is 186 Å². The van der Waals surface area contributed by atoms with Gasteiger partial charge in [-0.05, 0) is 42.9 Å². The summed E-state index contributed by atoms with van der Waals surface area (Å²) < 4.78 is 0. The van der Waals surface area contributed by atoms with Crippen LogP contribution in [-0.4, -0.2) is 51.5 Å². The zero-order valence-corrected chi connectivity index (χ0v) is 18.1. The van der Waals surface area contributed by atoms with E-state index in [-0.39, 0.29) is 24.2 Å². The summed E-state index contributed by atoms with van der Waals surface area (Å²) in [4.78, 5) is 41.8. The number of H-pyrrole nitrogens is 2. The van der Waals surface area contributed by atoms with E-state index in [1.165, 1.54) is 0 Å². The van der Waals surface area contributed by atoms with Crippen LogP contribution in [0, 0.1) is 5.41 Å². The second-order valence-electron chi connectivity index (χ2n) is 8.20. The minimum atomic E-state index is -0.772. The highest BCUT2D eigenvalue weighted by molar-refractivity contribution is 5.91. The standard InChI is InChI=1S/C24H27N5O3/c1-2-25-22(31)24(13-8-14-29(16-24)21(30)20-26-23(32)28-27-20)15-18-11-6-7-12-19(18)17-9-4-3-5-10-17/h3-7,9-12H,2,8,13-16H2,1H3,(H,25,31)(H2,26,27,28,32)/t24-/m0/s1. The van der Waals surface area contributed by atoms with Crippen molar-refractivity contribution in [2.75, 3.05) is 19.6 Å². The average Bonchev–Trinajstić information content (AvgIpc) is 3.26. The Kier molecular flexibility index (Phi) is 6.20. The lowest BCUT2D eigenvalue weighted by Gasteiger charge is -2.41. The summed E-state index contributed by atoms with van der Waals surface area (Å²) in [5.74, 6) is -0.477. The van der Waals surface area contributed by atoms with E-state index in [4.69, 9.17) is 0 Å². The Balaban J connectivity index is 1.68. The van der Waals surface area contributed by atoms with Crippen LogP contribution in [-0.2, 0) is 11.2 Å². The van der Waals surface area contributed by atoms with Crippen LogP contribution in [0.5, 0.6) is 0 Å². The molecule has 2 amide bonds. The van der Waals surface area contributed by atoms with Crippen LogP contribution >= 0.6 is 0 Å².